The standard InChI is InChI=1S/C9H18N2O2S.C2HF3O2/c12-14(13)6-4-11(5-7-14)9-2-1-3-10-8-9;3-2(4,5)1(6)7/h9-10H,1-8H2;(H,6,7). The monoisotopic (exact) mass is 332 g/mol. The lowest BCUT2D eigenvalue weighted by Crippen LogP contribution is -2.51. The van der Waals surface area contributed by atoms with Crippen LogP contribution in [0, 0.1) is 0 Å². The van der Waals surface area contributed by atoms with Gasteiger partial charge in [0.05, 0.1) is 11.5 Å². The molecule has 124 valence electrons. The van der Waals surface area contributed by atoms with Gasteiger partial charge >= 0.3 is 12.1 Å². The molecular formula is C11H19F3N2O4S. The summed E-state index contributed by atoms with van der Waals surface area (Å²) in [4.78, 5) is 11.2. The fraction of sp³-hybridized carbons (Fsp3) is 0.909. The van der Waals surface area contributed by atoms with Gasteiger partial charge in [-0.1, -0.05) is 0 Å². The summed E-state index contributed by atoms with van der Waals surface area (Å²) in [7, 11) is -2.72. The van der Waals surface area contributed by atoms with E-state index in [4.69, 9.17) is 9.90 Å². The molecule has 2 N–H and O–H groups in total. The Morgan fingerprint density at radius 2 is 1.76 bits per heavy atom. The highest BCUT2D eigenvalue weighted by molar-refractivity contribution is 7.91. The van der Waals surface area contributed by atoms with Crippen molar-refractivity contribution in [2.24, 2.45) is 0 Å². The van der Waals surface area contributed by atoms with Crippen molar-refractivity contribution in [3.63, 3.8) is 0 Å². The first-order valence-electron chi connectivity index (χ1n) is 6.57. The summed E-state index contributed by atoms with van der Waals surface area (Å²) >= 11 is 0. The van der Waals surface area contributed by atoms with Crippen LogP contribution in [0.3, 0.4) is 0 Å². The van der Waals surface area contributed by atoms with E-state index in [0.717, 1.165) is 26.2 Å². The summed E-state index contributed by atoms with van der Waals surface area (Å²) in [6, 6.07) is 0.569. The van der Waals surface area contributed by atoms with Gasteiger partial charge in [-0.2, -0.15) is 13.2 Å². The highest BCUT2D eigenvalue weighted by atomic mass is 32.2. The lowest BCUT2D eigenvalue weighted by Gasteiger charge is -2.36. The van der Waals surface area contributed by atoms with E-state index in [0.29, 0.717) is 17.5 Å². The molecule has 10 heteroatoms. The molecule has 21 heavy (non-hydrogen) atoms. The van der Waals surface area contributed by atoms with Crippen LogP contribution in [0.2, 0.25) is 0 Å². The topological polar surface area (TPSA) is 86.7 Å². The first-order valence-corrected chi connectivity index (χ1v) is 8.39. The van der Waals surface area contributed by atoms with E-state index in [9.17, 15) is 21.6 Å². The Hall–Kier alpha value is -0.870. The molecule has 1 unspecified atom stereocenters. The predicted molar refractivity (Wildman–Crippen MR) is 69.8 cm³/mol. The number of halogens is 3. The molecule has 6 nitrogen and oxygen atoms in total. The molecule has 0 amide bonds. The molecule has 1 atom stereocenters. The molecule has 2 aliphatic heterocycles. The second-order valence-corrected chi connectivity index (χ2v) is 7.29. The fourth-order valence-electron chi connectivity index (χ4n) is 2.24. The third kappa shape index (κ3) is 6.62. The van der Waals surface area contributed by atoms with Crippen molar-refractivity contribution >= 4 is 15.8 Å². The smallest absolute Gasteiger partial charge is 0.475 e. The molecule has 0 aliphatic carbocycles. The quantitative estimate of drug-likeness (QED) is 0.708. The molecule has 0 radical (unpaired) electrons. The molecule has 0 spiro atoms. The van der Waals surface area contributed by atoms with Gasteiger partial charge in [-0.15, -0.1) is 0 Å². The molecule has 2 saturated heterocycles. The first kappa shape index (κ1) is 18.2. The third-order valence-corrected chi connectivity index (χ3v) is 5.02. The minimum atomic E-state index is -5.08. The number of hydrogen-bond acceptors (Lipinski definition) is 5. The van der Waals surface area contributed by atoms with E-state index in [-0.39, 0.29) is 0 Å². The molecule has 0 aromatic heterocycles. The second-order valence-electron chi connectivity index (χ2n) is 4.99. The summed E-state index contributed by atoms with van der Waals surface area (Å²) in [5.74, 6) is -2.06. The number of alkyl halides is 3. The van der Waals surface area contributed by atoms with Gasteiger partial charge in [0.2, 0.25) is 0 Å². The summed E-state index contributed by atoms with van der Waals surface area (Å²) in [6.45, 7) is 3.60. The van der Waals surface area contributed by atoms with Crippen LogP contribution in [-0.2, 0) is 14.6 Å². The van der Waals surface area contributed by atoms with Crippen molar-refractivity contribution in [3.05, 3.63) is 0 Å². The lowest BCUT2D eigenvalue weighted by atomic mass is 10.1. The van der Waals surface area contributed by atoms with Crippen LogP contribution in [0.25, 0.3) is 0 Å². The molecule has 2 rings (SSSR count). The van der Waals surface area contributed by atoms with Crippen molar-refractivity contribution in [3.8, 4) is 0 Å². The zero-order valence-corrected chi connectivity index (χ0v) is 12.2. The number of nitrogens with one attached hydrogen (secondary N) is 1. The highest BCUT2D eigenvalue weighted by Gasteiger charge is 2.38. The Morgan fingerprint density at radius 1 is 1.24 bits per heavy atom. The summed E-state index contributed by atoms with van der Waals surface area (Å²) in [5.41, 5.74) is 0. The fourth-order valence-corrected chi connectivity index (χ4v) is 3.47. The molecule has 0 aromatic rings. The van der Waals surface area contributed by atoms with E-state index < -0.39 is 22.0 Å². The number of aliphatic carboxylic acids is 1. The van der Waals surface area contributed by atoms with Crippen molar-refractivity contribution in [2.45, 2.75) is 25.1 Å². The van der Waals surface area contributed by atoms with Crippen molar-refractivity contribution in [1.29, 1.82) is 0 Å². The second kappa shape index (κ2) is 7.41. The first-order chi connectivity index (χ1) is 9.62. The largest absolute Gasteiger partial charge is 0.490 e. The average Bonchev–Trinajstić information content (AvgIpc) is 2.39. The van der Waals surface area contributed by atoms with Gasteiger partial charge in [-0.25, -0.2) is 13.2 Å². The van der Waals surface area contributed by atoms with Gasteiger partial charge in [-0.05, 0) is 19.4 Å². The van der Waals surface area contributed by atoms with Crippen molar-refractivity contribution in [1.82, 2.24) is 10.2 Å². The summed E-state index contributed by atoms with van der Waals surface area (Å²) in [5, 5.41) is 10.5. The van der Waals surface area contributed by atoms with Crippen LogP contribution in [0.5, 0.6) is 0 Å². The number of sulfone groups is 1. The van der Waals surface area contributed by atoms with Crippen molar-refractivity contribution < 1.29 is 31.5 Å². The van der Waals surface area contributed by atoms with Crippen LogP contribution in [0.15, 0.2) is 0 Å². The number of rotatable bonds is 1. The van der Waals surface area contributed by atoms with Crippen LogP contribution >= 0.6 is 0 Å². The van der Waals surface area contributed by atoms with E-state index in [1.165, 1.54) is 12.8 Å². The number of hydrogen-bond donors (Lipinski definition) is 2. The molecule has 0 aromatic carbocycles. The number of nitrogens with zero attached hydrogens (tertiary/aromatic N) is 1. The molecular weight excluding hydrogens is 313 g/mol. The van der Waals surface area contributed by atoms with Crippen LogP contribution in [0.1, 0.15) is 12.8 Å². The number of carboxylic acids is 1. The number of carboxylic acid groups (broad SMARTS) is 1. The van der Waals surface area contributed by atoms with E-state index in [1.807, 2.05) is 0 Å². The van der Waals surface area contributed by atoms with E-state index in [2.05, 4.69) is 10.2 Å². The van der Waals surface area contributed by atoms with Crippen LogP contribution in [-0.4, -0.2) is 74.3 Å². The van der Waals surface area contributed by atoms with Gasteiger partial charge in [0.15, 0.2) is 9.84 Å². The predicted octanol–water partition coefficient (Wildman–Crippen LogP) is 0.102. The Morgan fingerprint density at radius 3 is 2.14 bits per heavy atom. The van der Waals surface area contributed by atoms with Crippen LogP contribution in [0.4, 0.5) is 13.2 Å². The van der Waals surface area contributed by atoms with Gasteiger partial charge in [-0.3, -0.25) is 4.90 Å². The summed E-state index contributed by atoms with van der Waals surface area (Å²) in [6.07, 6.45) is -2.65. The molecule has 0 bridgehead atoms. The average molecular weight is 332 g/mol. The zero-order chi connectivity index (χ0) is 16.1. The van der Waals surface area contributed by atoms with Crippen LogP contribution < -0.4 is 5.32 Å². The maximum absolute atomic E-state index is 11.2. The third-order valence-electron chi connectivity index (χ3n) is 3.41. The number of piperidine rings is 1. The normalized spacial score (nSPS) is 26.5. The maximum atomic E-state index is 11.2. The Kier molecular flexibility index (Phi) is 6.41. The minimum absolute atomic E-state index is 0.351. The molecule has 0 saturated carbocycles. The molecule has 2 fully saturated rings. The number of carbonyl (C=O) groups is 1. The van der Waals surface area contributed by atoms with Gasteiger partial charge in [0.1, 0.15) is 0 Å². The SMILES string of the molecule is O=C(O)C(F)(F)F.O=S1(=O)CCN(C2CCCNC2)CC1. The van der Waals surface area contributed by atoms with Gasteiger partial charge in [0, 0.05) is 25.7 Å². The lowest BCUT2D eigenvalue weighted by molar-refractivity contribution is -0.192. The minimum Gasteiger partial charge on any atom is -0.475 e. The van der Waals surface area contributed by atoms with Crippen molar-refractivity contribution in [2.75, 3.05) is 37.7 Å². The van der Waals surface area contributed by atoms with Gasteiger partial charge < -0.3 is 10.4 Å². The van der Waals surface area contributed by atoms with E-state index in [1.54, 1.807) is 0 Å². The summed E-state index contributed by atoms with van der Waals surface area (Å²) < 4.78 is 54.2. The molecule has 2 heterocycles. The van der Waals surface area contributed by atoms with Gasteiger partial charge in [0.25, 0.3) is 0 Å². The highest BCUT2D eigenvalue weighted by Crippen LogP contribution is 2.14. The Labute approximate surface area is 121 Å². The van der Waals surface area contributed by atoms with E-state index >= 15 is 0 Å². The molecule has 2 aliphatic rings. The zero-order valence-electron chi connectivity index (χ0n) is 11.4. The Balaban J connectivity index is 0.000000270. The Bertz CT molecular complexity index is 433. The maximum Gasteiger partial charge on any atom is 0.490 e.